The van der Waals surface area contributed by atoms with E-state index in [4.69, 9.17) is 9.73 Å². The Hall–Kier alpha value is -2.87. The van der Waals surface area contributed by atoms with Crippen molar-refractivity contribution in [1.29, 1.82) is 0 Å². The van der Waals surface area contributed by atoms with Gasteiger partial charge in [-0.05, 0) is 17.2 Å². The van der Waals surface area contributed by atoms with E-state index in [1.165, 1.54) is 0 Å². The van der Waals surface area contributed by atoms with Crippen LogP contribution in [0, 0.1) is 0 Å². The minimum Gasteiger partial charge on any atom is -0.443 e. The van der Waals surface area contributed by atoms with E-state index in [1.807, 2.05) is 24.3 Å². The Labute approximate surface area is 142 Å². The lowest BCUT2D eigenvalue weighted by Crippen LogP contribution is -2.34. The predicted octanol–water partition coefficient (Wildman–Crippen LogP) is 5.18. The van der Waals surface area contributed by atoms with Gasteiger partial charge in [0.25, 0.3) is 0 Å². The average Bonchev–Trinajstić information content (AvgIpc) is 2.68. The largest absolute Gasteiger partial charge is 0.443 e. The number of aliphatic imine (C=N–C) groups is 1. The Morgan fingerprint density at radius 2 is 1.29 bits per heavy atom. The predicted molar refractivity (Wildman–Crippen MR) is 97.6 cm³/mol. The molecule has 0 fully saturated rings. The maximum Gasteiger partial charge on any atom is 0.191 e. The fourth-order valence-corrected chi connectivity index (χ4v) is 3.37. The summed E-state index contributed by atoms with van der Waals surface area (Å²) in [5.74, 6) is 1.65. The Kier molecular flexibility index (Phi) is 3.66. The maximum atomic E-state index is 6.03. The molecule has 1 heterocycles. The Morgan fingerprint density at radius 1 is 0.750 bits per heavy atom. The van der Waals surface area contributed by atoms with E-state index >= 15 is 0 Å². The number of hydrogen-bond acceptors (Lipinski definition) is 2. The summed E-state index contributed by atoms with van der Waals surface area (Å²) < 4.78 is 6.03. The van der Waals surface area contributed by atoms with Crippen LogP contribution in [0.15, 0.2) is 89.9 Å². The van der Waals surface area contributed by atoms with Crippen molar-refractivity contribution in [3.05, 3.63) is 102 Å². The van der Waals surface area contributed by atoms with E-state index < -0.39 is 5.54 Å². The highest BCUT2D eigenvalue weighted by Crippen LogP contribution is 2.46. The molecule has 0 bridgehead atoms. The molecule has 0 amide bonds. The quantitative estimate of drug-likeness (QED) is 0.653. The fourth-order valence-electron chi connectivity index (χ4n) is 3.37. The van der Waals surface area contributed by atoms with Crippen LogP contribution in [0.5, 0.6) is 5.75 Å². The van der Waals surface area contributed by atoms with Crippen molar-refractivity contribution in [2.45, 2.75) is 18.9 Å². The van der Waals surface area contributed by atoms with Gasteiger partial charge in [-0.25, -0.2) is 4.99 Å². The van der Waals surface area contributed by atoms with Crippen LogP contribution in [0.1, 0.15) is 30.0 Å². The molecule has 0 spiro atoms. The molecule has 0 atom stereocenters. The standard InChI is InChI=1S/C22H19NO/c1-2-21-23-22(17-11-5-3-6-12-17,18-13-7-4-8-14-18)19-15-9-10-16-20(19)24-21/h3-16H,2H2,1H3. The van der Waals surface area contributed by atoms with E-state index in [1.54, 1.807) is 0 Å². The van der Waals surface area contributed by atoms with Gasteiger partial charge in [0.1, 0.15) is 11.3 Å². The van der Waals surface area contributed by atoms with Gasteiger partial charge in [-0.3, -0.25) is 0 Å². The van der Waals surface area contributed by atoms with Crippen LogP contribution in [0.2, 0.25) is 0 Å². The van der Waals surface area contributed by atoms with Crippen LogP contribution in [-0.4, -0.2) is 5.90 Å². The summed E-state index contributed by atoms with van der Waals surface area (Å²) in [6, 6.07) is 29.1. The van der Waals surface area contributed by atoms with E-state index in [0.717, 1.165) is 34.8 Å². The van der Waals surface area contributed by atoms with Gasteiger partial charge >= 0.3 is 0 Å². The lowest BCUT2D eigenvalue weighted by molar-refractivity contribution is 0.462. The summed E-state index contributed by atoms with van der Waals surface area (Å²) in [7, 11) is 0. The van der Waals surface area contributed by atoms with E-state index in [0.29, 0.717) is 0 Å². The van der Waals surface area contributed by atoms with Crippen LogP contribution >= 0.6 is 0 Å². The van der Waals surface area contributed by atoms with Crippen LogP contribution in [-0.2, 0) is 5.54 Å². The Morgan fingerprint density at radius 3 is 1.88 bits per heavy atom. The summed E-state index contributed by atoms with van der Waals surface area (Å²) in [4.78, 5) is 5.11. The van der Waals surface area contributed by atoms with Crippen LogP contribution in [0.4, 0.5) is 0 Å². The van der Waals surface area contributed by atoms with Gasteiger partial charge < -0.3 is 4.74 Å². The minimum atomic E-state index is -0.567. The molecule has 4 rings (SSSR count). The molecular formula is C22H19NO. The third-order valence-corrected chi connectivity index (χ3v) is 4.48. The van der Waals surface area contributed by atoms with Crippen LogP contribution in [0.25, 0.3) is 0 Å². The first-order valence-corrected chi connectivity index (χ1v) is 8.31. The maximum absolute atomic E-state index is 6.03. The molecule has 0 saturated heterocycles. The number of hydrogen-bond donors (Lipinski definition) is 0. The molecule has 0 radical (unpaired) electrons. The van der Waals surface area contributed by atoms with Gasteiger partial charge in [0, 0.05) is 12.0 Å². The molecule has 3 aromatic rings. The second-order valence-electron chi connectivity index (χ2n) is 5.90. The minimum absolute atomic E-state index is 0.567. The van der Waals surface area contributed by atoms with Crippen molar-refractivity contribution in [3.63, 3.8) is 0 Å². The lowest BCUT2D eigenvalue weighted by Gasteiger charge is -2.36. The highest BCUT2D eigenvalue weighted by Gasteiger charge is 2.41. The topological polar surface area (TPSA) is 21.6 Å². The van der Waals surface area contributed by atoms with Crippen molar-refractivity contribution in [1.82, 2.24) is 0 Å². The van der Waals surface area contributed by atoms with Crippen molar-refractivity contribution >= 4 is 5.90 Å². The average molecular weight is 313 g/mol. The molecule has 1 aliphatic rings. The molecule has 0 unspecified atom stereocenters. The fraction of sp³-hybridized carbons (Fsp3) is 0.136. The molecule has 0 saturated carbocycles. The molecule has 118 valence electrons. The second-order valence-corrected chi connectivity index (χ2v) is 5.90. The first-order chi connectivity index (χ1) is 11.8. The normalized spacial score (nSPS) is 15.1. The van der Waals surface area contributed by atoms with Gasteiger partial charge in [0.05, 0.1) is 0 Å². The van der Waals surface area contributed by atoms with E-state index in [2.05, 4.69) is 67.6 Å². The van der Waals surface area contributed by atoms with E-state index in [-0.39, 0.29) is 0 Å². The van der Waals surface area contributed by atoms with Gasteiger partial charge in [0.15, 0.2) is 5.90 Å². The van der Waals surface area contributed by atoms with Gasteiger partial charge in [-0.1, -0.05) is 85.8 Å². The highest BCUT2D eigenvalue weighted by atomic mass is 16.5. The molecule has 0 aliphatic carbocycles. The van der Waals surface area contributed by atoms with Crippen LogP contribution < -0.4 is 4.74 Å². The molecule has 2 heteroatoms. The monoisotopic (exact) mass is 313 g/mol. The van der Waals surface area contributed by atoms with Crippen molar-refractivity contribution < 1.29 is 4.74 Å². The molecular weight excluding hydrogens is 294 g/mol. The number of para-hydroxylation sites is 1. The molecule has 24 heavy (non-hydrogen) atoms. The summed E-state index contributed by atoms with van der Waals surface area (Å²) in [6.45, 7) is 2.08. The number of rotatable bonds is 3. The van der Waals surface area contributed by atoms with Gasteiger partial charge in [-0.2, -0.15) is 0 Å². The zero-order valence-corrected chi connectivity index (χ0v) is 13.6. The summed E-state index contributed by atoms with van der Waals surface area (Å²) in [5.41, 5.74) is 2.82. The van der Waals surface area contributed by atoms with Gasteiger partial charge in [0.2, 0.25) is 0 Å². The van der Waals surface area contributed by atoms with Crippen molar-refractivity contribution in [2.24, 2.45) is 4.99 Å². The number of fused-ring (bicyclic) bond motifs is 1. The summed E-state index contributed by atoms with van der Waals surface area (Å²) in [5, 5.41) is 0. The van der Waals surface area contributed by atoms with Gasteiger partial charge in [-0.15, -0.1) is 0 Å². The second kappa shape index (κ2) is 5.97. The third kappa shape index (κ3) is 2.23. The van der Waals surface area contributed by atoms with E-state index in [9.17, 15) is 0 Å². The zero-order valence-electron chi connectivity index (χ0n) is 13.6. The first kappa shape index (κ1) is 14.7. The molecule has 0 aromatic heterocycles. The molecule has 1 aliphatic heterocycles. The molecule has 0 N–H and O–H groups in total. The number of benzene rings is 3. The Balaban J connectivity index is 2.09. The van der Waals surface area contributed by atoms with Crippen molar-refractivity contribution in [3.8, 4) is 5.75 Å². The smallest absolute Gasteiger partial charge is 0.191 e. The highest BCUT2D eigenvalue weighted by molar-refractivity contribution is 5.83. The van der Waals surface area contributed by atoms with Crippen molar-refractivity contribution in [2.75, 3.05) is 0 Å². The Bertz CT molecular complexity index is 829. The molecule has 3 aromatic carbocycles. The SMILES string of the molecule is CCC1=NC(c2ccccc2)(c2ccccc2)c2ccccc2O1. The third-order valence-electron chi connectivity index (χ3n) is 4.48. The summed E-state index contributed by atoms with van der Waals surface area (Å²) >= 11 is 0. The number of ether oxygens (including phenoxy) is 1. The zero-order chi connectivity index (χ0) is 16.4. The molecule has 2 nitrogen and oxygen atoms in total. The first-order valence-electron chi connectivity index (χ1n) is 8.31. The summed E-state index contributed by atoms with van der Waals surface area (Å²) in [6.07, 6.45) is 0.760. The van der Waals surface area contributed by atoms with Crippen LogP contribution in [0.3, 0.4) is 0 Å². The number of nitrogens with zero attached hydrogens (tertiary/aromatic N) is 1. The lowest BCUT2D eigenvalue weighted by atomic mass is 9.76.